The molecular weight excluding hydrogens is 246 g/mol. The van der Waals surface area contributed by atoms with Crippen LogP contribution >= 0.6 is 0 Å². The molecule has 3 atom stereocenters. The summed E-state index contributed by atoms with van der Waals surface area (Å²) in [4.78, 5) is 0. The summed E-state index contributed by atoms with van der Waals surface area (Å²) < 4.78 is 6.79. The smallest absolute Gasteiger partial charge is 0.0841 e. The van der Waals surface area contributed by atoms with Crippen molar-refractivity contribution in [3.8, 4) is 0 Å². The van der Waals surface area contributed by atoms with E-state index in [9.17, 15) is 0 Å². The predicted molar refractivity (Wildman–Crippen MR) is 83.8 cm³/mol. The first kappa shape index (κ1) is 14.8. The lowest BCUT2D eigenvalue weighted by Gasteiger charge is -2.51. The van der Waals surface area contributed by atoms with Crippen LogP contribution in [0.3, 0.4) is 0 Å². The summed E-state index contributed by atoms with van der Waals surface area (Å²) in [6, 6.07) is 0. The van der Waals surface area contributed by atoms with Gasteiger partial charge in [0.2, 0.25) is 0 Å². The minimum Gasteiger partial charge on any atom is -0.369 e. The first-order chi connectivity index (χ1) is 9.70. The molecule has 0 amide bonds. The summed E-state index contributed by atoms with van der Waals surface area (Å²) in [6.07, 6.45) is 13.0. The topological polar surface area (TPSA) is 21.3 Å². The molecule has 2 nitrogen and oxygen atoms in total. The molecule has 1 N–H and O–H groups in total. The van der Waals surface area contributed by atoms with Crippen LogP contribution in [-0.4, -0.2) is 24.8 Å². The maximum atomic E-state index is 6.79. The van der Waals surface area contributed by atoms with Gasteiger partial charge in [0.1, 0.15) is 0 Å². The van der Waals surface area contributed by atoms with Crippen molar-refractivity contribution in [1.82, 2.24) is 5.32 Å². The Balaban J connectivity index is 1.65. The molecule has 3 fully saturated rings. The van der Waals surface area contributed by atoms with E-state index in [4.69, 9.17) is 4.74 Å². The Morgan fingerprint density at radius 3 is 2.60 bits per heavy atom. The summed E-state index contributed by atoms with van der Waals surface area (Å²) in [6.45, 7) is 6.96. The number of hydrogen-bond acceptors (Lipinski definition) is 2. The molecule has 1 spiro atoms. The summed E-state index contributed by atoms with van der Waals surface area (Å²) >= 11 is 0. The third-order valence-corrected chi connectivity index (χ3v) is 6.11. The molecule has 1 heterocycles. The number of morpholine rings is 1. The van der Waals surface area contributed by atoms with Gasteiger partial charge in [-0.1, -0.05) is 52.4 Å². The van der Waals surface area contributed by atoms with E-state index in [0.29, 0.717) is 6.10 Å². The molecular formula is C18H33NO. The number of ether oxygens (including phenoxy) is 1. The second kappa shape index (κ2) is 6.36. The summed E-state index contributed by atoms with van der Waals surface area (Å²) in [7, 11) is 0. The minimum atomic E-state index is 0.161. The maximum absolute atomic E-state index is 6.79. The van der Waals surface area contributed by atoms with Crippen molar-refractivity contribution in [3.63, 3.8) is 0 Å². The minimum absolute atomic E-state index is 0.161. The second-order valence-electron chi connectivity index (χ2n) is 7.92. The third-order valence-electron chi connectivity index (χ3n) is 6.11. The average Bonchev–Trinajstić information content (AvgIpc) is 2.92. The van der Waals surface area contributed by atoms with E-state index in [0.717, 1.165) is 30.8 Å². The van der Waals surface area contributed by atoms with Crippen LogP contribution in [0.15, 0.2) is 0 Å². The SMILES string of the molecule is CC(C)C1CCCCC12CNCC(CC1CCCC1)O2. The van der Waals surface area contributed by atoms with Gasteiger partial charge >= 0.3 is 0 Å². The number of nitrogens with one attached hydrogen (secondary N) is 1. The lowest BCUT2D eigenvalue weighted by Crippen LogP contribution is -2.60. The highest BCUT2D eigenvalue weighted by Crippen LogP contribution is 2.43. The van der Waals surface area contributed by atoms with Gasteiger partial charge in [0.05, 0.1) is 11.7 Å². The van der Waals surface area contributed by atoms with Crippen molar-refractivity contribution in [2.24, 2.45) is 17.8 Å². The Kier molecular flexibility index (Phi) is 4.72. The largest absolute Gasteiger partial charge is 0.369 e. The normalized spacial score (nSPS) is 39.8. The monoisotopic (exact) mass is 279 g/mol. The van der Waals surface area contributed by atoms with Gasteiger partial charge in [-0.3, -0.25) is 0 Å². The molecule has 0 radical (unpaired) electrons. The van der Waals surface area contributed by atoms with Crippen LogP contribution in [0.2, 0.25) is 0 Å². The zero-order valence-corrected chi connectivity index (χ0v) is 13.5. The fraction of sp³-hybridized carbons (Fsp3) is 1.00. The molecule has 0 aromatic heterocycles. The molecule has 2 heteroatoms. The van der Waals surface area contributed by atoms with Gasteiger partial charge in [-0.2, -0.15) is 0 Å². The number of rotatable bonds is 3. The van der Waals surface area contributed by atoms with Crippen LogP contribution < -0.4 is 5.32 Å². The highest BCUT2D eigenvalue weighted by Gasteiger charge is 2.46. The zero-order valence-electron chi connectivity index (χ0n) is 13.5. The molecule has 0 aromatic carbocycles. The standard InChI is InChI=1S/C18H33NO/c1-14(2)17-9-5-6-10-18(17)13-19-12-16(20-18)11-15-7-3-4-8-15/h14-17,19H,3-13H2,1-2H3. The highest BCUT2D eigenvalue weighted by atomic mass is 16.5. The molecule has 0 aromatic rings. The van der Waals surface area contributed by atoms with Crippen LogP contribution in [0.1, 0.15) is 71.6 Å². The van der Waals surface area contributed by atoms with Crippen molar-refractivity contribution in [1.29, 1.82) is 0 Å². The molecule has 0 bridgehead atoms. The maximum Gasteiger partial charge on any atom is 0.0841 e. The van der Waals surface area contributed by atoms with E-state index in [2.05, 4.69) is 19.2 Å². The summed E-state index contributed by atoms with van der Waals surface area (Å²) in [5, 5.41) is 3.73. The Morgan fingerprint density at radius 1 is 1.10 bits per heavy atom. The average molecular weight is 279 g/mol. The van der Waals surface area contributed by atoms with Crippen LogP contribution in [0.25, 0.3) is 0 Å². The Morgan fingerprint density at radius 2 is 1.85 bits per heavy atom. The molecule has 2 aliphatic carbocycles. The van der Waals surface area contributed by atoms with E-state index in [1.54, 1.807) is 0 Å². The summed E-state index contributed by atoms with van der Waals surface area (Å²) in [5.74, 6) is 2.45. The molecule has 3 rings (SSSR count). The van der Waals surface area contributed by atoms with Crippen LogP contribution in [0.5, 0.6) is 0 Å². The second-order valence-corrected chi connectivity index (χ2v) is 7.92. The van der Waals surface area contributed by atoms with Gasteiger partial charge in [-0.05, 0) is 37.0 Å². The van der Waals surface area contributed by atoms with Crippen LogP contribution in [0, 0.1) is 17.8 Å². The van der Waals surface area contributed by atoms with Gasteiger partial charge in [0.25, 0.3) is 0 Å². The quantitative estimate of drug-likeness (QED) is 0.838. The van der Waals surface area contributed by atoms with Crippen LogP contribution in [-0.2, 0) is 4.74 Å². The molecule has 3 unspecified atom stereocenters. The molecule has 1 aliphatic heterocycles. The molecule has 2 saturated carbocycles. The van der Waals surface area contributed by atoms with Gasteiger partial charge in [0, 0.05) is 13.1 Å². The molecule has 1 saturated heterocycles. The first-order valence-corrected chi connectivity index (χ1v) is 9.08. The number of hydrogen-bond donors (Lipinski definition) is 1. The fourth-order valence-corrected chi connectivity index (χ4v) is 5.15. The van der Waals surface area contributed by atoms with Gasteiger partial charge in [-0.15, -0.1) is 0 Å². The Hall–Kier alpha value is -0.0800. The van der Waals surface area contributed by atoms with Crippen molar-refractivity contribution < 1.29 is 4.74 Å². The Labute approximate surface area is 125 Å². The van der Waals surface area contributed by atoms with Crippen molar-refractivity contribution in [2.75, 3.05) is 13.1 Å². The third kappa shape index (κ3) is 3.06. The fourth-order valence-electron chi connectivity index (χ4n) is 5.15. The predicted octanol–water partition coefficient (Wildman–Crippen LogP) is 4.14. The summed E-state index contributed by atoms with van der Waals surface area (Å²) in [5.41, 5.74) is 0.161. The molecule has 20 heavy (non-hydrogen) atoms. The van der Waals surface area contributed by atoms with Crippen LogP contribution in [0.4, 0.5) is 0 Å². The van der Waals surface area contributed by atoms with E-state index in [1.165, 1.54) is 57.8 Å². The Bertz CT molecular complexity index is 307. The van der Waals surface area contributed by atoms with Gasteiger partial charge < -0.3 is 10.1 Å². The van der Waals surface area contributed by atoms with E-state index in [-0.39, 0.29) is 5.60 Å². The van der Waals surface area contributed by atoms with E-state index in [1.807, 2.05) is 0 Å². The molecule has 116 valence electrons. The van der Waals surface area contributed by atoms with E-state index >= 15 is 0 Å². The zero-order chi connectivity index (χ0) is 14.0. The van der Waals surface area contributed by atoms with E-state index < -0.39 is 0 Å². The van der Waals surface area contributed by atoms with Gasteiger partial charge in [-0.25, -0.2) is 0 Å². The van der Waals surface area contributed by atoms with Crippen molar-refractivity contribution >= 4 is 0 Å². The van der Waals surface area contributed by atoms with Crippen molar-refractivity contribution in [3.05, 3.63) is 0 Å². The lowest BCUT2D eigenvalue weighted by molar-refractivity contribution is -0.176. The van der Waals surface area contributed by atoms with Crippen molar-refractivity contribution in [2.45, 2.75) is 83.3 Å². The van der Waals surface area contributed by atoms with Gasteiger partial charge in [0.15, 0.2) is 0 Å². The lowest BCUT2D eigenvalue weighted by atomic mass is 9.69. The first-order valence-electron chi connectivity index (χ1n) is 9.08. The molecule has 3 aliphatic rings. The highest BCUT2D eigenvalue weighted by molar-refractivity contribution is 4.98.